The van der Waals surface area contributed by atoms with Gasteiger partial charge in [0.15, 0.2) is 0 Å². The number of nitrogens with zero attached hydrogens (tertiary/aromatic N) is 3. The molecule has 0 spiro atoms. The molecule has 58 heavy (non-hydrogen) atoms. The quantitative estimate of drug-likeness (QED) is 0.172. The van der Waals surface area contributed by atoms with Crippen LogP contribution in [0.25, 0.3) is 88.4 Å². The summed E-state index contributed by atoms with van der Waals surface area (Å²) in [5.41, 5.74) is 11.7. The van der Waals surface area contributed by atoms with Gasteiger partial charge in [-0.05, 0) is 101 Å². The molecule has 0 aliphatic heterocycles. The predicted molar refractivity (Wildman–Crippen MR) is 231 cm³/mol. The van der Waals surface area contributed by atoms with E-state index in [1.54, 1.807) is 6.07 Å². The summed E-state index contributed by atoms with van der Waals surface area (Å²) in [7, 11) is 0. The normalized spacial score (nSPS) is 11.9. The van der Waals surface area contributed by atoms with Crippen LogP contribution in [0.3, 0.4) is 0 Å². The molecule has 0 fully saturated rings. The number of para-hydroxylation sites is 2. The molecule has 0 amide bonds. The van der Waals surface area contributed by atoms with E-state index in [0.29, 0.717) is 28.1 Å². The van der Waals surface area contributed by atoms with E-state index in [1.165, 1.54) is 12.1 Å². The Hall–Kier alpha value is -7.36. The molecule has 0 bridgehead atoms. The summed E-state index contributed by atoms with van der Waals surface area (Å²) >= 11 is 0. The highest BCUT2D eigenvalue weighted by molar-refractivity contribution is 6.13. The number of nitriles is 1. The molecular weight excluding hydrogens is 724 g/mol. The van der Waals surface area contributed by atoms with Crippen LogP contribution in [0.15, 0.2) is 170 Å². The molecule has 278 valence electrons. The van der Waals surface area contributed by atoms with Crippen LogP contribution in [0.5, 0.6) is 0 Å². The third-order valence-corrected chi connectivity index (χ3v) is 11.4. The maximum absolute atomic E-state index is 14.6. The number of rotatable bonds is 5. The molecule has 3 nitrogen and oxygen atoms in total. The van der Waals surface area contributed by atoms with Gasteiger partial charge < -0.3 is 9.13 Å². The first kappa shape index (κ1) is 35.1. The van der Waals surface area contributed by atoms with Gasteiger partial charge in [0.25, 0.3) is 0 Å². The second kappa shape index (κ2) is 13.4. The zero-order valence-corrected chi connectivity index (χ0v) is 31.6. The Bertz CT molecular complexity index is 3140. The van der Waals surface area contributed by atoms with Crippen LogP contribution in [0, 0.1) is 25.2 Å². The molecule has 8 aromatic carbocycles. The second-order valence-electron chi connectivity index (χ2n) is 14.9. The molecular formula is C52H34F3N3. The Morgan fingerprint density at radius 3 is 1.40 bits per heavy atom. The average molecular weight is 758 g/mol. The number of alkyl halides is 3. The molecule has 0 saturated heterocycles. The first-order valence-electron chi connectivity index (χ1n) is 19.1. The lowest BCUT2D eigenvalue weighted by Gasteiger charge is -2.22. The van der Waals surface area contributed by atoms with Crippen molar-refractivity contribution in [1.82, 2.24) is 9.13 Å². The van der Waals surface area contributed by atoms with Crippen molar-refractivity contribution in [3.8, 4) is 50.8 Å². The van der Waals surface area contributed by atoms with Gasteiger partial charge in [-0.3, -0.25) is 0 Å². The topological polar surface area (TPSA) is 33.6 Å². The van der Waals surface area contributed by atoms with Crippen LogP contribution in [0.2, 0.25) is 0 Å². The van der Waals surface area contributed by atoms with E-state index < -0.39 is 11.7 Å². The Labute approximate surface area is 333 Å². The molecule has 6 heteroatoms. The monoisotopic (exact) mass is 757 g/mol. The smallest absolute Gasteiger partial charge is 0.308 e. The van der Waals surface area contributed by atoms with Crippen molar-refractivity contribution in [2.75, 3.05) is 0 Å². The Kier molecular flexibility index (Phi) is 8.10. The molecule has 0 radical (unpaired) electrons. The van der Waals surface area contributed by atoms with Gasteiger partial charge in [-0.2, -0.15) is 18.4 Å². The van der Waals surface area contributed by atoms with E-state index in [-0.39, 0.29) is 0 Å². The van der Waals surface area contributed by atoms with Crippen LogP contribution in [0.4, 0.5) is 13.2 Å². The molecule has 0 aliphatic carbocycles. The fourth-order valence-corrected chi connectivity index (χ4v) is 8.76. The molecule has 0 aliphatic rings. The summed E-state index contributed by atoms with van der Waals surface area (Å²) in [6.45, 7) is 4.17. The van der Waals surface area contributed by atoms with Crippen molar-refractivity contribution in [3.63, 3.8) is 0 Å². The van der Waals surface area contributed by atoms with Gasteiger partial charge >= 0.3 is 6.18 Å². The molecule has 10 rings (SSSR count). The van der Waals surface area contributed by atoms with Crippen LogP contribution in [0.1, 0.15) is 22.3 Å². The zero-order chi connectivity index (χ0) is 39.7. The highest BCUT2D eigenvalue weighted by atomic mass is 19.4. The first-order chi connectivity index (χ1) is 28.2. The number of halogens is 3. The number of fused-ring (bicyclic) bond motifs is 6. The van der Waals surface area contributed by atoms with E-state index in [0.717, 1.165) is 83.1 Å². The summed E-state index contributed by atoms with van der Waals surface area (Å²) in [6.07, 6.45) is -4.58. The number of aromatic nitrogens is 2. The maximum atomic E-state index is 14.6. The molecule has 10 aromatic rings. The SMILES string of the molecule is Cc1ccccc1-c1ccc2c3ccccc3n(-c3cc(C#N)cc(-n4c5ccccc5c5ccc(-c6ccccc6C)cc54)c3-c3cccc(C(F)(F)F)c3)c2c1. The lowest BCUT2D eigenvalue weighted by Crippen LogP contribution is -2.07. The molecule has 0 saturated carbocycles. The Balaban J connectivity index is 1.38. The maximum Gasteiger partial charge on any atom is 0.416 e. The van der Waals surface area contributed by atoms with Crippen molar-refractivity contribution < 1.29 is 13.2 Å². The standard InChI is InChI=1S/C52H34F3N3/c1-32-12-3-5-16-39(32)35-22-24-43-41-18-7-9-20-45(41)57(47(43)29-35)49-26-34(31-56)27-50(51(49)37-14-11-15-38(28-37)52(53,54)55)58-46-21-10-8-19-42(46)44-25-23-36(30-48(44)58)40-17-6-4-13-33(40)2/h3-30H,1-2H3. The van der Waals surface area contributed by atoms with Gasteiger partial charge in [-0.1, -0.05) is 121 Å². The van der Waals surface area contributed by atoms with Crippen LogP contribution < -0.4 is 0 Å². The Morgan fingerprint density at radius 1 is 0.448 bits per heavy atom. The first-order valence-corrected chi connectivity index (χ1v) is 19.1. The summed E-state index contributed by atoms with van der Waals surface area (Å²) < 4.78 is 48.1. The van der Waals surface area contributed by atoms with E-state index in [1.807, 2.05) is 72.8 Å². The fraction of sp³-hybridized carbons (Fsp3) is 0.0577. The lowest BCUT2D eigenvalue weighted by molar-refractivity contribution is -0.137. The van der Waals surface area contributed by atoms with Crippen LogP contribution in [-0.2, 0) is 6.18 Å². The van der Waals surface area contributed by atoms with E-state index in [9.17, 15) is 18.4 Å². The Morgan fingerprint density at radius 2 is 0.914 bits per heavy atom. The lowest BCUT2D eigenvalue weighted by atomic mass is 9.96. The molecule has 2 aromatic heterocycles. The zero-order valence-electron chi connectivity index (χ0n) is 31.6. The number of aryl methyl sites for hydroxylation is 2. The van der Waals surface area contributed by atoms with Crippen LogP contribution >= 0.6 is 0 Å². The van der Waals surface area contributed by atoms with Gasteiger partial charge in [0.05, 0.1) is 50.6 Å². The minimum absolute atomic E-state index is 0.378. The number of hydrogen-bond donors (Lipinski definition) is 0. The summed E-state index contributed by atoms with van der Waals surface area (Å²) in [5, 5.41) is 14.7. The minimum Gasteiger partial charge on any atom is -0.308 e. The van der Waals surface area contributed by atoms with E-state index >= 15 is 0 Å². The van der Waals surface area contributed by atoms with Crippen LogP contribution in [-0.4, -0.2) is 9.13 Å². The van der Waals surface area contributed by atoms with Gasteiger partial charge in [-0.25, -0.2) is 0 Å². The highest BCUT2D eigenvalue weighted by Crippen LogP contribution is 2.45. The number of benzene rings is 8. The fourth-order valence-electron chi connectivity index (χ4n) is 8.76. The second-order valence-corrected chi connectivity index (χ2v) is 14.9. The number of hydrogen-bond acceptors (Lipinski definition) is 1. The van der Waals surface area contributed by atoms with Crippen molar-refractivity contribution in [2.45, 2.75) is 20.0 Å². The summed E-state index contributed by atoms with van der Waals surface area (Å²) in [4.78, 5) is 0. The predicted octanol–water partition coefficient (Wildman–Crippen LogP) is 14.4. The summed E-state index contributed by atoms with van der Waals surface area (Å²) in [5.74, 6) is 0. The van der Waals surface area contributed by atoms with Crippen molar-refractivity contribution in [3.05, 3.63) is 192 Å². The molecule has 0 atom stereocenters. The van der Waals surface area contributed by atoms with Gasteiger partial charge in [0, 0.05) is 27.1 Å². The minimum atomic E-state index is -4.58. The van der Waals surface area contributed by atoms with Crippen molar-refractivity contribution >= 4 is 43.6 Å². The van der Waals surface area contributed by atoms with Gasteiger partial charge in [-0.15, -0.1) is 0 Å². The molecule has 2 heterocycles. The molecule has 0 unspecified atom stereocenters. The van der Waals surface area contributed by atoms with Gasteiger partial charge in [0.2, 0.25) is 0 Å². The van der Waals surface area contributed by atoms with E-state index in [4.69, 9.17) is 0 Å². The highest BCUT2D eigenvalue weighted by Gasteiger charge is 2.32. The van der Waals surface area contributed by atoms with Crippen molar-refractivity contribution in [1.29, 1.82) is 5.26 Å². The summed E-state index contributed by atoms with van der Waals surface area (Å²) in [6, 6.07) is 57.0. The average Bonchev–Trinajstić information content (AvgIpc) is 3.75. The molecule has 0 N–H and O–H groups in total. The van der Waals surface area contributed by atoms with Gasteiger partial charge in [0.1, 0.15) is 0 Å². The largest absolute Gasteiger partial charge is 0.416 e. The third kappa shape index (κ3) is 5.58. The van der Waals surface area contributed by atoms with E-state index in [2.05, 4.69) is 102 Å². The third-order valence-electron chi connectivity index (χ3n) is 11.4. The van der Waals surface area contributed by atoms with Crippen molar-refractivity contribution in [2.24, 2.45) is 0 Å².